The second-order valence-electron chi connectivity index (χ2n) is 7.94. The highest BCUT2D eigenvalue weighted by molar-refractivity contribution is 5.98. The highest BCUT2D eigenvalue weighted by Gasteiger charge is 2.31. The highest BCUT2D eigenvalue weighted by atomic mass is 19.4. The number of hydrogen-bond acceptors (Lipinski definition) is 5. The number of nitrogens with zero attached hydrogens (tertiary/aromatic N) is 2. The highest BCUT2D eigenvalue weighted by Crippen LogP contribution is 2.31. The van der Waals surface area contributed by atoms with Crippen LogP contribution in [0, 0.1) is 5.92 Å². The maximum Gasteiger partial charge on any atom is 0.389 e. The summed E-state index contributed by atoms with van der Waals surface area (Å²) in [5.74, 6) is -0.723. The first-order valence-electron chi connectivity index (χ1n) is 10.3. The lowest BCUT2D eigenvalue weighted by Crippen LogP contribution is -2.35. The molecule has 0 fully saturated rings. The Morgan fingerprint density at radius 1 is 1.12 bits per heavy atom. The van der Waals surface area contributed by atoms with Crippen molar-refractivity contribution in [3.8, 4) is 11.1 Å². The number of anilines is 2. The normalized spacial score (nSPS) is 12.6. The molecule has 1 unspecified atom stereocenters. The summed E-state index contributed by atoms with van der Waals surface area (Å²) >= 11 is 0. The van der Waals surface area contributed by atoms with Crippen molar-refractivity contribution in [2.45, 2.75) is 38.9 Å². The van der Waals surface area contributed by atoms with Crippen molar-refractivity contribution in [3.63, 3.8) is 0 Å². The third-order valence-electron chi connectivity index (χ3n) is 5.06. The molecule has 0 aromatic carbocycles. The summed E-state index contributed by atoms with van der Waals surface area (Å²) in [7, 11) is 1.51. The van der Waals surface area contributed by atoms with Crippen LogP contribution in [0.1, 0.15) is 26.7 Å². The summed E-state index contributed by atoms with van der Waals surface area (Å²) < 4.78 is 37.6. The molecular formula is C22H25F3N6O2. The lowest BCUT2D eigenvalue weighted by atomic mass is 9.96. The third-order valence-corrected chi connectivity index (χ3v) is 5.06. The molecule has 0 aliphatic rings. The fraction of sp³-hybridized carbons (Fsp3) is 0.364. The fourth-order valence-corrected chi connectivity index (χ4v) is 3.39. The van der Waals surface area contributed by atoms with Crippen LogP contribution in [0.25, 0.3) is 22.2 Å². The first-order chi connectivity index (χ1) is 15.6. The zero-order valence-corrected chi connectivity index (χ0v) is 18.4. The molecule has 33 heavy (non-hydrogen) atoms. The van der Waals surface area contributed by atoms with Gasteiger partial charge in [-0.3, -0.25) is 9.78 Å². The van der Waals surface area contributed by atoms with Gasteiger partial charge >= 0.3 is 12.2 Å². The molecule has 8 nitrogen and oxygen atoms in total. The Morgan fingerprint density at radius 2 is 1.88 bits per heavy atom. The first kappa shape index (κ1) is 24.0. The van der Waals surface area contributed by atoms with Crippen molar-refractivity contribution in [1.29, 1.82) is 0 Å². The van der Waals surface area contributed by atoms with E-state index in [2.05, 4.69) is 30.9 Å². The molecule has 0 saturated carbocycles. The Kier molecular flexibility index (Phi) is 7.19. The van der Waals surface area contributed by atoms with Gasteiger partial charge in [0, 0.05) is 48.6 Å². The van der Waals surface area contributed by atoms with Gasteiger partial charge in [-0.1, -0.05) is 13.8 Å². The number of nitrogens with one attached hydrogen (secondary N) is 4. The topological polar surface area (TPSA) is 112 Å². The summed E-state index contributed by atoms with van der Waals surface area (Å²) in [4.78, 5) is 35.6. The molecule has 11 heteroatoms. The fourth-order valence-electron chi connectivity index (χ4n) is 3.39. The third kappa shape index (κ3) is 6.21. The molecule has 176 valence electrons. The number of fused-ring (bicyclic) bond motifs is 1. The monoisotopic (exact) mass is 462 g/mol. The van der Waals surface area contributed by atoms with Gasteiger partial charge in [-0.25, -0.2) is 9.78 Å². The van der Waals surface area contributed by atoms with E-state index in [-0.39, 0.29) is 11.9 Å². The minimum atomic E-state index is -4.38. The number of Topliss-reactive ketones (excluding diaryl/α,β-unsaturated/α-hetero) is 1. The Balaban J connectivity index is 1.85. The molecule has 0 aliphatic heterocycles. The Hall–Kier alpha value is -3.63. The molecule has 3 heterocycles. The molecule has 0 spiro atoms. The van der Waals surface area contributed by atoms with E-state index in [9.17, 15) is 22.8 Å². The van der Waals surface area contributed by atoms with Gasteiger partial charge in [0.05, 0.1) is 30.0 Å². The van der Waals surface area contributed by atoms with E-state index in [1.54, 1.807) is 38.4 Å². The number of ketones is 1. The Labute approximate surface area is 188 Å². The standard InChI is InChI=1S/C22H25F3N6O2/c1-12(2)19(18(32)4-5-22(23,24)25)30-14-6-13(8-27-9-14)17-11-29-20-16(17)7-15(10-28-20)31-21(33)26-3/h6-12,19,30H,4-5H2,1-3H3,(H,28,29)(H2,26,31,33). The van der Waals surface area contributed by atoms with Gasteiger partial charge in [0.2, 0.25) is 0 Å². The minimum Gasteiger partial charge on any atom is -0.374 e. The molecular weight excluding hydrogens is 437 g/mol. The molecule has 3 aromatic heterocycles. The van der Waals surface area contributed by atoms with Crippen LogP contribution in [0.5, 0.6) is 0 Å². The Bertz CT molecular complexity index is 1140. The van der Waals surface area contributed by atoms with Crippen molar-refractivity contribution in [1.82, 2.24) is 20.3 Å². The van der Waals surface area contributed by atoms with Crippen LogP contribution < -0.4 is 16.0 Å². The zero-order chi connectivity index (χ0) is 24.2. The number of halogens is 3. The smallest absolute Gasteiger partial charge is 0.374 e. The van der Waals surface area contributed by atoms with Gasteiger partial charge in [0.25, 0.3) is 0 Å². The number of aromatic nitrogens is 3. The second-order valence-corrected chi connectivity index (χ2v) is 7.94. The predicted molar refractivity (Wildman–Crippen MR) is 120 cm³/mol. The molecule has 1 atom stereocenters. The Morgan fingerprint density at radius 3 is 2.55 bits per heavy atom. The van der Waals surface area contributed by atoms with E-state index in [4.69, 9.17) is 0 Å². The number of aromatic amines is 1. The molecule has 4 N–H and O–H groups in total. The summed E-state index contributed by atoms with van der Waals surface area (Å²) in [6, 6.07) is 2.37. The zero-order valence-electron chi connectivity index (χ0n) is 18.4. The van der Waals surface area contributed by atoms with E-state index in [0.29, 0.717) is 22.6 Å². The molecule has 0 radical (unpaired) electrons. The van der Waals surface area contributed by atoms with Gasteiger partial charge in [-0.05, 0) is 18.1 Å². The lowest BCUT2D eigenvalue weighted by Gasteiger charge is -2.22. The van der Waals surface area contributed by atoms with Crippen molar-refractivity contribution in [2.75, 3.05) is 17.7 Å². The van der Waals surface area contributed by atoms with Crippen molar-refractivity contribution in [3.05, 3.63) is 36.9 Å². The molecule has 2 amide bonds. The number of urea groups is 1. The number of pyridine rings is 2. The van der Waals surface area contributed by atoms with E-state index in [1.165, 1.54) is 19.4 Å². The molecule has 0 aliphatic carbocycles. The summed E-state index contributed by atoms with van der Waals surface area (Å²) in [6.07, 6.45) is 0.299. The van der Waals surface area contributed by atoms with Gasteiger partial charge in [-0.15, -0.1) is 0 Å². The minimum absolute atomic E-state index is 0.218. The lowest BCUT2D eigenvalue weighted by molar-refractivity contribution is -0.143. The van der Waals surface area contributed by atoms with Crippen molar-refractivity contribution < 1.29 is 22.8 Å². The molecule has 0 saturated heterocycles. The van der Waals surface area contributed by atoms with Crippen LogP contribution in [0.2, 0.25) is 0 Å². The number of hydrogen-bond donors (Lipinski definition) is 4. The molecule has 3 aromatic rings. The number of carbonyl (C=O) groups excluding carboxylic acids is 2. The maximum atomic E-state index is 12.5. The largest absolute Gasteiger partial charge is 0.389 e. The van der Waals surface area contributed by atoms with Gasteiger partial charge in [-0.2, -0.15) is 13.2 Å². The number of H-pyrrole nitrogens is 1. The number of amides is 2. The SMILES string of the molecule is CNC(=O)Nc1cnc2[nH]cc(-c3cncc(NC(C(=O)CCC(F)(F)F)C(C)C)c3)c2c1. The summed E-state index contributed by atoms with van der Waals surface area (Å²) in [5.41, 5.74) is 3.08. The van der Waals surface area contributed by atoms with Crippen molar-refractivity contribution in [2.24, 2.45) is 5.92 Å². The summed E-state index contributed by atoms with van der Waals surface area (Å²) in [5, 5.41) is 8.91. The number of carbonyl (C=O) groups is 2. The van der Waals surface area contributed by atoms with E-state index < -0.39 is 30.8 Å². The van der Waals surface area contributed by atoms with Crippen LogP contribution in [-0.2, 0) is 4.79 Å². The first-order valence-corrected chi connectivity index (χ1v) is 10.3. The number of alkyl halides is 3. The second kappa shape index (κ2) is 9.88. The van der Waals surface area contributed by atoms with Crippen LogP contribution in [0.15, 0.2) is 36.9 Å². The van der Waals surface area contributed by atoms with Gasteiger partial charge in [0.15, 0.2) is 5.78 Å². The molecule has 0 bridgehead atoms. The maximum absolute atomic E-state index is 12.5. The van der Waals surface area contributed by atoms with Crippen LogP contribution in [0.4, 0.5) is 29.3 Å². The van der Waals surface area contributed by atoms with Crippen LogP contribution in [-0.4, -0.2) is 46.0 Å². The van der Waals surface area contributed by atoms with Crippen molar-refractivity contribution >= 4 is 34.2 Å². The van der Waals surface area contributed by atoms with E-state index >= 15 is 0 Å². The average Bonchev–Trinajstić information content (AvgIpc) is 3.18. The van der Waals surface area contributed by atoms with E-state index in [1.807, 2.05) is 0 Å². The quantitative estimate of drug-likeness (QED) is 0.387. The number of rotatable bonds is 8. The van der Waals surface area contributed by atoms with Crippen LogP contribution >= 0.6 is 0 Å². The molecule has 3 rings (SSSR count). The van der Waals surface area contributed by atoms with Crippen LogP contribution in [0.3, 0.4) is 0 Å². The average molecular weight is 462 g/mol. The van der Waals surface area contributed by atoms with Gasteiger partial charge in [0.1, 0.15) is 5.65 Å². The predicted octanol–water partition coefficient (Wildman–Crippen LogP) is 4.72. The van der Waals surface area contributed by atoms with E-state index in [0.717, 1.165) is 10.9 Å². The summed E-state index contributed by atoms with van der Waals surface area (Å²) in [6.45, 7) is 3.54. The van der Waals surface area contributed by atoms with Gasteiger partial charge < -0.3 is 20.9 Å².